The number of aromatic nitrogens is 2. The Labute approximate surface area is 92.9 Å². The van der Waals surface area contributed by atoms with Crippen LogP contribution in [-0.2, 0) is 0 Å². The average molecular weight is 214 g/mol. The predicted octanol–water partition coefficient (Wildman–Crippen LogP) is 2.47. The highest BCUT2D eigenvalue weighted by atomic mass is 16.5. The third-order valence-corrected chi connectivity index (χ3v) is 2.03. The molecular weight excluding hydrogens is 204 g/mol. The van der Waals surface area contributed by atoms with E-state index in [0.717, 1.165) is 0 Å². The van der Waals surface area contributed by atoms with Gasteiger partial charge in [0.15, 0.2) is 5.78 Å². The van der Waals surface area contributed by atoms with Crippen LogP contribution >= 0.6 is 0 Å². The van der Waals surface area contributed by atoms with Crippen LogP contribution in [0, 0.1) is 0 Å². The summed E-state index contributed by atoms with van der Waals surface area (Å²) in [6, 6.07) is 10.3. The zero-order valence-electron chi connectivity index (χ0n) is 8.75. The van der Waals surface area contributed by atoms with Gasteiger partial charge in [-0.25, -0.2) is 0 Å². The standard InChI is InChI=1S/C12H10N2O2/c1-9(15)10-4-6-11(7-5-10)16-12-3-2-8-13-14-12/h2-8H,1H3. The molecule has 0 radical (unpaired) electrons. The number of hydrogen-bond donors (Lipinski definition) is 0. The Balaban J connectivity index is 2.14. The number of Topliss-reactive ketones (excluding diaryl/α,β-unsaturated/α-hetero) is 1. The Hall–Kier alpha value is -2.23. The lowest BCUT2D eigenvalue weighted by Crippen LogP contribution is -1.92. The minimum Gasteiger partial charge on any atom is -0.438 e. The highest BCUT2D eigenvalue weighted by Crippen LogP contribution is 2.18. The normalized spacial score (nSPS) is 9.81. The van der Waals surface area contributed by atoms with Crippen LogP contribution < -0.4 is 4.74 Å². The number of rotatable bonds is 3. The smallest absolute Gasteiger partial charge is 0.238 e. The van der Waals surface area contributed by atoms with Gasteiger partial charge in [0.2, 0.25) is 5.88 Å². The van der Waals surface area contributed by atoms with E-state index < -0.39 is 0 Å². The molecule has 0 spiro atoms. The van der Waals surface area contributed by atoms with E-state index in [4.69, 9.17) is 4.74 Å². The molecule has 2 rings (SSSR count). The number of hydrogen-bond acceptors (Lipinski definition) is 4. The molecule has 80 valence electrons. The maximum atomic E-state index is 11.1. The molecule has 0 aliphatic heterocycles. The van der Waals surface area contributed by atoms with Gasteiger partial charge >= 0.3 is 0 Å². The summed E-state index contributed by atoms with van der Waals surface area (Å²) in [6.45, 7) is 1.53. The van der Waals surface area contributed by atoms with Crippen LogP contribution in [0.5, 0.6) is 11.6 Å². The summed E-state index contributed by atoms with van der Waals surface area (Å²) in [6.07, 6.45) is 1.58. The molecule has 0 N–H and O–H groups in total. The summed E-state index contributed by atoms with van der Waals surface area (Å²) >= 11 is 0. The molecule has 16 heavy (non-hydrogen) atoms. The Morgan fingerprint density at radius 3 is 2.50 bits per heavy atom. The summed E-state index contributed by atoms with van der Waals surface area (Å²) in [7, 11) is 0. The molecule has 1 aromatic heterocycles. The number of carbonyl (C=O) groups excluding carboxylic acids is 1. The first-order chi connectivity index (χ1) is 7.75. The minimum absolute atomic E-state index is 0.0334. The first kappa shape index (κ1) is 10.3. The van der Waals surface area contributed by atoms with Crippen molar-refractivity contribution in [1.29, 1.82) is 0 Å². The van der Waals surface area contributed by atoms with Gasteiger partial charge in [-0.05, 0) is 37.3 Å². The van der Waals surface area contributed by atoms with Crippen molar-refractivity contribution >= 4 is 5.78 Å². The fourth-order valence-corrected chi connectivity index (χ4v) is 1.22. The van der Waals surface area contributed by atoms with E-state index in [0.29, 0.717) is 17.2 Å². The molecule has 0 amide bonds. The monoisotopic (exact) mass is 214 g/mol. The van der Waals surface area contributed by atoms with Crippen molar-refractivity contribution in [3.05, 3.63) is 48.2 Å². The molecule has 0 fully saturated rings. The van der Waals surface area contributed by atoms with E-state index >= 15 is 0 Å². The van der Waals surface area contributed by atoms with Crippen molar-refractivity contribution in [3.8, 4) is 11.6 Å². The van der Waals surface area contributed by atoms with Gasteiger partial charge in [-0.1, -0.05) is 0 Å². The van der Waals surface area contributed by atoms with E-state index in [2.05, 4.69) is 10.2 Å². The molecule has 0 bridgehead atoms. The summed E-state index contributed by atoms with van der Waals surface area (Å²) in [4.78, 5) is 11.1. The largest absolute Gasteiger partial charge is 0.438 e. The maximum Gasteiger partial charge on any atom is 0.238 e. The first-order valence-corrected chi connectivity index (χ1v) is 4.82. The Morgan fingerprint density at radius 1 is 1.19 bits per heavy atom. The molecule has 1 heterocycles. The van der Waals surface area contributed by atoms with Crippen LogP contribution in [0.3, 0.4) is 0 Å². The number of ether oxygens (including phenoxy) is 1. The van der Waals surface area contributed by atoms with Crippen LogP contribution in [0.15, 0.2) is 42.6 Å². The van der Waals surface area contributed by atoms with E-state index in [9.17, 15) is 4.79 Å². The Kier molecular flexibility index (Phi) is 2.91. The Morgan fingerprint density at radius 2 is 1.94 bits per heavy atom. The lowest BCUT2D eigenvalue weighted by atomic mass is 10.1. The Bertz CT molecular complexity index is 480. The van der Waals surface area contributed by atoms with Gasteiger partial charge in [0, 0.05) is 17.8 Å². The van der Waals surface area contributed by atoms with E-state index in [1.807, 2.05) is 0 Å². The molecule has 0 saturated carbocycles. The van der Waals surface area contributed by atoms with Gasteiger partial charge < -0.3 is 4.74 Å². The van der Waals surface area contributed by atoms with Crippen molar-refractivity contribution in [1.82, 2.24) is 10.2 Å². The van der Waals surface area contributed by atoms with Gasteiger partial charge in [-0.15, -0.1) is 5.10 Å². The van der Waals surface area contributed by atoms with Gasteiger partial charge in [0.05, 0.1) is 0 Å². The van der Waals surface area contributed by atoms with Gasteiger partial charge in [-0.3, -0.25) is 4.79 Å². The molecule has 1 aromatic carbocycles. The molecule has 2 aromatic rings. The molecule has 0 aliphatic rings. The lowest BCUT2D eigenvalue weighted by Gasteiger charge is -2.03. The zero-order chi connectivity index (χ0) is 11.4. The van der Waals surface area contributed by atoms with Gasteiger partial charge in [0.1, 0.15) is 5.75 Å². The highest BCUT2D eigenvalue weighted by molar-refractivity contribution is 5.94. The second-order valence-corrected chi connectivity index (χ2v) is 3.24. The minimum atomic E-state index is 0.0334. The maximum absolute atomic E-state index is 11.1. The second-order valence-electron chi connectivity index (χ2n) is 3.24. The molecule has 0 aliphatic carbocycles. The molecule has 0 unspecified atom stereocenters. The summed E-state index contributed by atoms with van der Waals surface area (Å²) in [5, 5.41) is 7.49. The van der Waals surface area contributed by atoms with Gasteiger partial charge in [0.25, 0.3) is 0 Å². The SMILES string of the molecule is CC(=O)c1ccc(Oc2cccnn2)cc1. The number of ketones is 1. The first-order valence-electron chi connectivity index (χ1n) is 4.82. The summed E-state index contributed by atoms with van der Waals surface area (Å²) in [5.41, 5.74) is 0.659. The van der Waals surface area contributed by atoms with E-state index in [1.54, 1.807) is 42.6 Å². The van der Waals surface area contributed by atoms with E-state index in [-0.39, 0.29) is 5.78 Å². The second kappa shape index (κ2) is 4.53. The number of benzene rings is 1. The van der Waals surface area contributed by atoms with Crippen molar-refractivity contribution in [2.45, 2.75) is 6.92 Å². The zero-order valence-corrected chi connectivity index (χ0v) is 8.75. The molecule has 4 nitrogen and oxygen atoms in total. The highest BCUT2D eigenvalue weighted by Gasteiger charge is 2.01. The molecule has 0 atom stereocenters. The molecular formula is C12H10N2O2. The van der Waals surface area contributed by atoms with Crippen LogP contribution in [0.1, 0.15) is 17.3 Å². The lowest BCUT2D eigenvalue weighted by molar-refractivity contribution is 0.101. The van der Waals surface area contributed by atoms with Crippen LogP contribution in [0.2, 0.25) is 0 Å². The third kappa shape index (κ3) is 2.42. The number of carbonyl (C=O) groups is 1. The molecule has 4 heteroatoms. The van der Waals surface area contributed by atoms with Crippen LogP contribution in [0.4, 0.5) is 0 Å². The van der Waals surface area contributed by atoms with Crippen LogP contribution in [0.25, 0.3) is 0 Å². The fourth-order valence-electron chi connectivity index (χ4n) is 1.22. The number of nitrogens with zero attached hydrogens (tertiary/aromatic N) is 2. The van der Waals surface area contributed by atoms with Gasteiger partial charge in [-0.2, -0.15) is 5.10 Å². The van der Waals surface area contributed by atoms with Crippen LogP contribution in [-0.4, -0.2) is 16.0 Å². The average Bonchev–Trinajstić information content (AvgIpc) is 2.31. The van der Waals surface area contributed by atoms with Crippen molar-refractivity contribution < 1.29 is 9.53 Å². The van der Waals surface area contributed by atoms with Crippen molar-refractivity contribution in [2.75, 3.05) is 0 Å². The fraction of sp³-hybridized carbons (Fsp3) is 0.0833. The van der Waals surface area contributed by atoms with Crippen molar-refractivity contribution in [3.63, 3.8) is 0 Å². The van der Waals surface area contributed by atoms with E-state index in [1.165, 1.54) is 6.92 Å². The topological polar surface area (TPSA) is 52.1 Å². The third-order valence-electron chi connectivity index (χ3n) is 2.03. The summed E-state index contributed by atoms with van der Waals surface area (Å²) < 4.78 is 5.43. The molecule has 0 saturated heterocycles. The quantitative estimate of drug-likeness (QED) is 0.736. The predicted molar refractivity (Wildman–Crippen MR) is 58.6 cm³/mol. The van der Waals surface area contributed by atoms with Crippen molar-refractivity contribution in [2.24, 2.45) is 0 Å². The summed E-state index contributed by atoms with van der Waals surface area (Å²) in [5.74, 6) is 1.09.